The number of hydrogen-bond donors (Lipinski definition) is 0. The highest BCUT2D eigenvalue weighted by Crippen LogP contribution is 2.41. The van der Waals surface area contributed by atoms with Crippen molar-refractivity contribution in [3.05, 3.63) is 103 Å². The Kier molecular flexibility index (Phi) is 3.08. The summed E-state index contributed by atoms with van der Waals surface area (Å²) >= 11 is 1.89. The summed E-state index contributed by atoms with van der Waals surface area (Å²) in [7, 11) is 0. The number of fused-ring (bicyclic) bond motifs is 12. The Morgan fingerprint density at radius 1 is 0.469 bits per heavy atom. The number of rotatable bonds is 0. The summed E-state index contributed by atoms with van der Waals surface area (Å²) in [6, 6.07) is 35.8. The zero-order valence-corrected chi connectivity index (χ0v) is 18.0. The third-order valence-corrected chi connectivity index (χ3v) is 8.04. The zero-order valence-electron chi connectivity index (χ0n) is 17.2. The summed E-state index contributed by atoms with van der Waals surface area (Å²) in [5, 5.41) is 11.8. The van der Waals surface area contributed by atoms with Gasteiger partial charge in [-0.05, 0) is 46.5 Å². The molecule has 3 aromatic heterocycles. The van der Waals surface area contributed by atoms with Crippen LogP contribution in [0.3, 0.4) is 0 Å². The van der Waals surface area contributed by atoms with Crippen molar-refractivity contribution in [1.29, 1.82) is 0 Å². The minimum absolute atomic E-state index is 1.27. The fraction of sp³-hybridized carbons (Fsp3) is 0. The van der Waals surface area contributed by atoms with E-state index in [1.165, 1.54) is 68.9 Å². The molecule has 0 atom stereocenters. The van der Waals surface area contributed by atoms with E-state index in [0.717, 1.165) is 0 Å². The minimum atomic E-state index is 1.27. The van der Waals surface area contributed by atoms with Crippen molar-refractivity contribution < 1.29 is 0 Å². The molecule has 0 saturated carbocycles. The normalized spacial score (nSPS) is 12.4. The summed E-state index contributed by atoms with van der Waals surface area (Å²) < 4.78 is 5.12. The van der Waals surface area contributed by atoms with E-state index in [2.05, 4.69) is 108 Å². The molecule has 2 heteroatoms. The van der Waals surface area contributed by atoms with Gasteiger partial charge in [-0.2, -0.15) is 0 Å². The van der Waals surface area contributed by atoms with Crippen molar-refractivity contribution in [1.82, 2.24) is 4.40 Å². The molecule has 0 aliphatic rings. The van der Waals surface area contributed by atoms with Crippen LogP contribution in [0.4, 0.5) is 0 Å². The van der Waals surface area contributed by atoms with Crippen LogP contribution in [0.15, 0.2) is 103 Å². The Labute approximate surface area is 187 Å². The predicted molar refractivity (Wildman–Crippen MR) is 140 cm³/mol. The molecule has 0 aliphatic carbocycles. The van der Waals surface area contributed by atoms with E-state index in [1.807, 2.05) is 11.3 Å². The maximum Gasteiger partial charge on any atom is 0.0613 e. The standard InChI is InChI=1S/C30H17NS/c1-2-8-19-14-26-23(13-18(19)7-1)24-16-29-25(22-11-5-6-12-28(22)32-29)15-27(24)31-17-20-9-3-4-10-21(20)30(26)31/h1-17H. The van der Waals surface area contributed by atoms with Crippen LogP contribution in [0, 0.1) is 0 Å². The first kappa shape index (κ1) is 16.8. The van der Waals surface area contributed by atoms with E-state index in [9.17, 15) is 0 Å². The van der Waals surface area contributed by atoms with Crippen LogP contribution in [0.25, 0.3) is 68.9 Å². The van der Waals surface area contributed by atoms with Gasteiger partial charge in [0.1, 0.15) is 0 Å². The van der Waals surface area contributed by atoms with E-state index >= 15 is 0 Å². The van der Waals surface area contributed by atoms with Gasteiger partial charge in [-0.15, -0.1) is 11.3 Å². The van der Waals surface area contributed by atoms with Crippen LogP contribution >= 0.6 is 11.3 Å². The number of thiophene rings is 1. The lowest BCUT2D eigenvalue weighted by molar-refractivity contribution is 1.30. The molecule has 0 saturated heterocycles. The van der Waals surface area contributed by atoms with E-state index in [4.69, 9.17) is 0 Å². The number of hydrogen-bond acceptors (Lipinski definition) is 1. The van der Waals surface area contributed by atoms with Crippen molar-refractivity contribution >= 4 is 80.2 Å². The molecule has 0 bridgehead atoms. The SMILES string of the molecule is c1ccc2cc3c(cc2c1)c1cc2sc4ccccc4c2cc1n1cc2ccccc2c31. The van der Waals surface area contributed by atoms with Gasteiger partial charge in [0, 0.05) is 47.9 Å². The molecule has 1 nitrogen and oxygen atoms in total. The Bertz CT molecular complexity index is 2040. The maximum atomic E-state index is 2.42. The molecule has 0 amide bonds. The Hall–Kier alpha value is -3.88. The molecule has 0 N–H and O–H groups in total. The maximum absolute atomic E-state index is 2.42. The second-order valence-electron chi connectivity index (χ2n) is 8.64. The lowest BCUT2D eigenvalue weighted by atomic mass is 9.98. The molecule has 8 rings (SSSR count). The molecule has 8 aromatic rings. The van der Waals surface area contributed by atoms with Gasteiger partial charge in [0.15, 0.2) is 0 Å². The first-order valence-electron chi connectivity index (χ1n) is 10.9. The summed E-state index contributed by atoms with van der Waals surface area (Å²) in [4.78, 5) is 0. The zero-order chi connectivity index (χ0) is 20.8. The van der Waals surface area contributed by atoms with E-state index in [0.29, 0.717) is 0 Å². The molecule has 148 valence electrons. The van der Waals surface area contributed by atoms with Gasteiger partial charge in [0.25, 0.3) is 0 Å². The average Bonchev–Trinajstić information content (AvgIpc) is 3.40. The van der Waals surface area contributed by atoms with Gasteiger partial charge in [-0.25, -0.2) is 0 Å². The average molecular weight is 424 g/mol. The first-order valence-corrected chi connectivity index (χ1v) is 11.8. The number of benzene rings is 5. The monoisotopic (exact) mass is 423 g/mol. The summed E-state index contributed by atoms with van der Waals surface area (Å²) in [5.41, 5.74) is 2.57. The fourth-order valence-corrected chi connectivity index (χ4v) is 6.58. The third kappa shape index (κ3) is 2.08. The van der Waals surface area contributed by atoms with Crippen LogP contribution in [0.2, 0.25) is 0 Å². The second kappa shape index (κ2) is 5.87. The van der Waals surface area contributed by atoms with Gasteiger partial charge in [0.2, 0.25) is 0 Å². The van der Waals surface area contributed by atoms with E-state index in [-0.39, 0.29) is 0 Å². The lowest BCUT2D eigenvalue weighted by Crippen LogP contribution is -1.90. The van der Waals surface area contributed by atoms with Crippen molar-refractivity contribution in [3.8, 4) is 0 Å². The van der Waals surface area contributed by atoms with Gasteiger partial charge in [-0.3, -0.25) is 0 Å². The topological polar surface area (TPSA) is 4.41 Å². The number of aromatic nitrogens is 1. The van der Waals surface area contributed by atoms with Crippen LogP contribution in [-0.2, 0) is 0 Å². The highest BCUT2D eigenvalue weighted by atomic mass is 32.1. The van der Waals surface area contributed by atoms with E-state index in [1.54, 1.807) is 0 Å². The molecular weight excluding hydrogens is 406 g/mol. The van der Waals surface area contributed by atoms with Crippen LogP contribution < -0.4 is 0 Å². The molecule has 0 fully saturated rings. The Morgan fingerprint density at radius 3 is 2.00 bits per heavy atom. The highest BCUT2D eigenvalue weighted by molar-refractivity contribution is 7.25. The summed E-state index contributed by atoms with van der Waals surface area (Å²) in [5.74, 6) is 0. The molecule has 0 radical (unpaired) electrons. The summed E-state index contributed by atoms with van der Waals surface area (Å²) in [6.07, 6.45) is 2.31. The molecule has 0 unspecified atom stereocenters. The van der Waals surface area contributed by atoms with Crippen LogP contribution in [-0.4, -0.2) is 4.40 Å². The van der Waals surface area contributed by atoms with Gasteiger partial charge in [-0.1, -0.05) is 66.7 Å². The number of pyridine rings is 1. The minimum Gasteiger partial charge on any atom is -0.315 e. The van der Waals surface area contributed by atoms with Crippen molar-refractivity contribution in [2.75, 3.05) is 0 Å². The fourth-order valence-electron chi connectivity index (χ4n) is 5.46. The van der Waals surface area contributed by atoms with Gasteiger partial charge < -0.3 is 4.40 Å². The van der Waals surface area contributed by atoms with Crippen molar-refractivity contribution in [3.63, 3.8) is 0 Å². The molecule has 5 aromatic carbocycles. The number of nitrogens with zero attached hydrogens (tertiary/aromatic N) is 1. The molecule has 0 spiro atoms. The largest absolute Gasteiger partial charge is 0.315 e. The van der Waals surface area contributed by atoms with Crippen molar-refractivity contribution in [2.24, 2.45) is 0 Å². The predicted octanol–water partition coefficient (Wildman–Crippen LogP) is 8.92. The molecule has 32 heavy (non-hydrogen) atoms. The second-order valence-corrected chi connectivity index (χ2v) is 9.73. The van der Waals surface area contributed by atoms with Gasteiger partial charge >= 0.3 is 0 Å². The summed E-state index contributed by atoms with van der Waals surface area (Å²) in [6.45, 7) is 0. The molecular formula is C30H17NS. The van der Waals surface area contributed by atoms with Crippen LogP contribution in [0.5, 0.6) is 0 Å². The Morgan fingerprint density at radius 2 is 1.16 bits per heavy atom. The lowest BCUT2D eigenvalue weighted by Gasteiger charge is -2.12. The van der Waals surface area contributed by atoms with Gasteiger partial charge in [0.05, 0.1) is 11.0 Å². The third-order valence-electron chi connectivity index (χ3n) is 6.91. The quantitative estimate of drug-likeness (QED) is 0.169. The first-order chi connectivity index (χ1) is 15.8. The smallest absolute Gasteiger partial charge is 0.0613 e. The Balaban J connectivity index is 1.72. The highest BCUT2D eigenvalue weighted by Gasteiger charge is 2.15. The van der Waals surface area contributed by atoms with Crippen LogP contribution in [0.1, 0.15) is 0 Å². The van der Waals surface area contributed by atoms with Crippen molar-refractivity contribution in [2.45, 2.75) is 0 Å². The van der Waals surface area contributed by atoms with E-state index < -0.39 is 0 Å². The molecule has 3 heterocycles. The molecule has 0 aliphatic heterocycles.